The number of ether oxygens (including phenoxy) is 2. The van der Waals surface area contributed by atoms with Crippen molar-refractivity contribution in [3.05, 3.63) is 83.4 Å². The molecule has 0 aliphatic carbocycles. The average Bonchev–Trinajstić information content (AvgIpc) is 3.61. The van der Waals surface area contributed by atoms with Gasteiger partial charge in [0.1, 0.15) is 11.5 Å². The molecule has 5 rings (SSSR count). The molecule has 0 aliphatic heterocycles. The molecule has 0 fully saturated rings. The first kappa shape index (κ1) is 25.5. The Morgan fingerprint density at radius 3 is 2.03 bits per heavy atom. The van der Waals surface area contributed by atoms with Crippen molar-refractivity contribution in [3.8, 4) is 50.5 Å². The van der Waals surface area contributed by atoms with Crippen LogP contribution in [0.25, 0.3) is 39.0 Å². The third-order valence-electron chi connectivity index (χ3n) is 6.03. The lowest BCUT2D eigenvalue weighted by Crippen LogP contribution is -2.14. The minimum atomic E-state index is -4.66. The molecular formula is C28H23F3N4O2S. The maximum absolute atomic E-state index is 14.0. The molecule has 0 saturated carbocycles. The van der Waals surface area contributed by atoms with Crippen LogP contribution in [0.15, 0.2) is 72.1 Å². The Morgan fingerprint density at radius 1 is 0.868 bits per heavy atom. The van der Waals surface area contributed by atoms with Crippen molar-refractivity contribution in [2.75, 3.05) is 14.2 Å². The van der Waals surface area contributed by atoms with Crippen molar-refractivity contribution >= 4 is 11.3 Å². The largest absolute Gasteiger partial charge is 0.497 e. The molecule has 0 atom stereocenters. The second-order valence-electron chi connectivity index (χ2n) is 8.31. The lowest BCUT2D eigenvalue weighted by atomic mass is 10.00. The highest BCUT2D eigenvalue weighted by molar-refractivity contribution is 7.13. The first-order valence-electron chi connectivity index (χ1n) is 11.7. The van der Waals surface area contributed by atoms with Crippen LogP contribution >= 0.6 is 11.3 Å². The van der Waals surface area contributed by atoms with E-state index >= 15 is 0 Å². The molecule has 5 aromatic rings. The predicted molar refractivity (Wildman–Crippen MR) is 141 cm³/mol. The third-order valence-corrected chi connectivity index (χ3v) is 6.92. The number of nitrogens with zero attached hydrogens (tertiary/aromatic N) is 4. The Balaban J connectivity index is 1.79. The second-order valence-corrected chi connectivity index (χ2v) is 9.26. The molecule has 194 valence electrons. The Kier molecular flexibility index (Phi) is 6.90. The summed E-state index contributed by atoms with van der Waals surface area (Å²) in [4.78, 5) is 9.08. The van der Waals surface area contributed by atoms with Gasteiger partial charge in [-0.3, -0.25) is 0 Å². The van der Waals surface area contributed by atoms with Gasteiger partial charge in [-0.25, -0.2) is 9.97 Å². The minimum absolute atomic E-state index is 0.163. The zero-order valence-corrected chi connectivity index (χ0v) is 21.6. The Morgan fingerprint density at radius 2 is 1.50 bits per heavy atom. The highest BCUT2D eigenvalue weighted by Crippen LogP contribution is 2.37. The van der Waals surface area contributed by atoms with Crippen molar-refractivity contribution in [2.45, 2.75) is 19.5 Å². The van der Waals surface area contributed by atoms with Crippen LogP contribution in [0.5, 0.6) is 11.5 Å². The standard InChI is InChI=1S/C28H23F3N4O2S/c1-4-21-25(17-7-11-19(36-2)12-8-17)34-35(26(21)18-9-13-20(37-3)14-10-18)27-32-22(23-6-5-15-38-23)16-24(33-27)28(29,30)31/h5-16H,4H2,1-3H3. The summed E-state index contributed by atoms with van der Waals surface area (Å²) >= 11 is 1.30. The van der Waals surface area contributed by atoms with Gasteiger partial charge in [-0.15, -0.1) is 11.3 Å². The van der Waals surface area contributed by atoms with E-state index in [9.17, 15) is 13.2 Å². The third kappa shape index (κ3) is 4.87. The predicted octanol–water partition coefficient (Wildman–Crippen LogP) is 7.32. The van der Waals surface area contributed by atoms with Gasteiger partial charge in [0, 0.05) is 16.7 Å². The maximum Gasteiger partial charge on any atom is 0.433 e. The van der Waals surface area contributed by atoms with E-state index in [1.54, 1.807) is 43.9 Å². The number of alkyl halides is 3. The number of rotatable bonds is 7. The Hall–Kier alpha value is -4.18. The van der Waals surface area contributed by atoms with E-state index in [2.05, 4.69) is 9.97 Å². The molecule has 10 heteroatoms. The summed E-state index contributed by atoms with van der Waals surface area (Å²) < 4.78 is 53.9. The van der Waals surface area contributed by atoms with Gasteiger partial charge >= 0.3 is 6.18 Å². The summed E-state index contributed by atoms with van der Waals surface area (Å²) in [6, 6.07) is 19.1. The normalized spacial score (nSPS) is 11.5. The van der Waals surface area contributed by atoms with Crippen LogP contribution in [0, 0.1) is 0 Å². The molecule has 0 bridgehead atoms. The Bertz CT molecular complexity index is 1550. The van der Waals surface area contributed by atoms with Crippen LogP contribution in [-0.2, 0) is 12.6 Å². The molecule has 0 N–H and O–H groups in total. The number of hydrogen-bond acceptors (Lipinski definition) is 6. The summed E-state index contributed by atoms with van der Waals surface area (Å²) in [6.45, 7) is 1.98. The van der Waals surface area contributed by atoms with Crippen LogP contribution < -0.4 is 9.47 Å². The summed E-state index contributed by atoms with van der Waals surface area (Å²) in [5, 5.41) is 6.59. The van der Waals surface area contributed by atoms with Crippen molar-refractivity contribution in [1.82, 2.24) is 19.7 Å². The fraction of sp³-hybridized carbons (Fsp3) is 0.179. The molecule has 0 spiro atoms. The molecule has 0 unspecified atom stereocenters. The van der Waals surface area contributed by atoms with Gasteiger partial charge < -0.3 is 9.47 Å². The van der Waals surface area contributed by atoms with Gasteiger partial charge in [-0.1, -0.05) is 13.0 Å². The van der Waals surface area contributed by atoms with Crippen molar-refractivity contribution in [1.29, 1.82) is 0 Å². The molecule has 0 saturated heterocycles. The van der Waals surface area contributed by atoms with E-state index in [0.29, 0.717) is 34.2 Å². The fourth-order valence-electron chi connectivity index (χ4n) is 4.18. The lowest BCUT2D eigenvalue weighted by Gasteiger charge is -2.13. The van der Waals surface area contributed by atoms with Crippen molar-refractivity contribution in [2.24, 2.45) is 0 Å². The summed E-state index contributed by atoms with van der Waals surface area (Å²) in [5.41, 5.74) is 2.76. The first-order chi connectivity index (χ1) is 18.3. The molecule has 6 nitrogen and oxygen atoms in total. The molecular weight excluding hydrogens is 513 g/mol. The highest BCUT2D eigenvalue weighted by Gasteiger charge is 2.35. The molecule has 0 radical (unpaired) electrons. The number of hydrogen-bond donors (Lipinski definition) is 0. The monoisotopic (exact) mass is 536 g/mol. The Labute approximate surface area is 221 Å². The van der Waals surface area contributed by atoms with Gasteiger partial charge in [0.2, 0.25) is 0 Å². The fourth-order valence-corrected chi connectivity index (χ4v) is 4.87. The van der Waals surface area contributed by atoms with E-state index in [-0.39, 0.29) is 11.6 Å². The van der Waals surface area contributed by atoms with Crippen LogP contribution in [-0.4, -0.2) is 34.0 Å². The van der Waals surface area contributed by atoms with E-state index in [0.717, 1.165) is 22.8 Å². The molecule has 3 aromatic heterocycles. The first-order valence-corrected chi connectivity index (χ1v) is 12.6. The van der Waals surface area contributed by atoms with Crippen LogP contribution in [0.1, 0.15) is 18.2 Å². The number of methoxy groups -OCH3 is 2. The average molecular weight is 537 g/mol. The number of halogens is 3. The van der Waals surface area contributed by atoms with Crippen LogP contribution in [0.4, 0.5) is 13.2 Å². The SMILES string of the molecule is CCc1c(-c2ccc(OC)cc2)nn(-c2nc(-c3cccs3)cc(C(F)(F)F)n2)c1-c1ccc(OC)cc1. The lowest BCUT2D eigenvalue weighted by molar-refractivity contribution is -0.141. The highest BCUT2D eigenvalue weighted by atomic mass is 32.1. The summed E-state index contributed by atoms with van der Waals surface area (Å²) in [5.74, 6) is 1.18. The van der Waals surface area contributed by atoms with Crippen LogP contribution in [0.2, 0.25) is 0 Å². The molecule has 0 amide bonds. The van der Waals surface area contributed by atoms with E-state index in [1.165, 1.54) is 16.0 Å². The van der Waals surface area contributed by atoms with E-state index < -0.39 is 11.9 Å². The van der Waals surface area contributed by atoms with Crippen LogP contribution in [0.3, 0.4) is 0 Å². The zero-order valence-electron chi connectivity index (χ0n) is 20.8. The van der Waals surface area contributed by atoms with Gasteiger partial charge in [0.05, 0.1) is 36.2 Å². The summed E-state index contributed by atoms with van der Waals surface area (Å²) in [7, 11) is 3.15. The topological polar surface area (TPSA) is 62.1 Å². The number of aromatic nitrogens is 4. The van der Waals surface area contributed by atoms with E-state index in [1.807, 2.05) is 43.3 Å². The zero-order chi connectivity index (χ0) is 26.9. The van der Waals surface area contributed by atoms with Crippen molar-refractivity contribution < 1.29 is 22.6 Å². The summed E-state index contributed by atoms with van der Waals surface area (Å²) in [6.07, 6.45) is -4.09. The van der Waals surface area contributed by atoms with Gasteiger partial charge in [0.15, 0.2) is 5.69 Å². The van der Waals surface area contributed by atoms with Gasteiger partial charge in [-0.05, 0) is 72.5 Å². The molecule has 0 aliphatic rings. The second kappa shape index (κ2) is 10.3. The van der Waals surface area contributed by atoms with Crippen molar-refractivity contribution in [3.63, 3.8) is 0 Å². The van der Waals surface area contributed by atoms with Gasteiger partial charge in [0.25, 0.3) is 5.95 Å². The van der Waals surface area contributed by atoms with Gasteiger partial charge in [-0.2, -0.15) is 23.0 Å². The number of thiophene rings is 1. The molecule has 3 heterocycles. The quantitative estimate of drug-likeness (QED) is 0.218. The maximum atomic E-state index is 14.0. The van der Waals surface area contributed by atoms with E-state index in [4.69, 9.17) is 14.6 Å². The number of benzene rings is 2. The smallest absolute Gasteiger partial charge is 0.433 e. The minimum Gasteiger partial charge on any atom is -0.497 e. The molecule has 38 heavy (non-hydrogen) atoms. The molecule has 2 aromatic carbocycles.